The highest BCUT2D eigenvalue weighted by atomic mass is 35.5. The van der Waals surface area contributed by atoms with Gasteiger partial charge in [-0.1, -0.05) is 30.5 Å². The minimum Gasteiger partial charge on any atom is -0.343 e. The highest BCUT2D eigenvalue weighted by Crippen LogP contribution is 2.29. The number of hydrogen-bond acceptors (Lipinski definition) is 3. The van der Waals surface area contributed by atoms with Crippen LogP contribution in [0.25, 0.3) is 0 Å². The lowest BCUT2D eigenvalue weighted by Gasteiger charge is -2.34. The van der Waals surface area contributed by atoms with Crippen LogP contribution in [0.15, 0.2) is 18.2 Å². The highest BCUT2D eigenvalue weighted by molar-refractivity contribution is 7.88. The van der Waals surface area contributed by atoms with Crippen LogP contribution in [0, 0.1) is 11.7 Å². The first kappa shape index (κ1) is 20.6. The second-order valence-electron chi connectivity index (χ2n) is 7.52. The maximum Gasteiger partial charge on any atom is 0.225 e. The fraction of sp³-hybridized carbons (Fsp3) is 0.632. The molecule has 2 fully saturated rings. The van der Waals surface area contributed by atoms with E-state index in [9.17, 15) is 17.6 Å². The molecule has 1 aromatic rings. The average molecular weight is 417 g/mol. The van der Waals surface area contributed by atoms with E-state index in [1.54, 1.807) is 0 Å². The van der Waals surface area contributed by atoms with Crippen molar-refractivity contribution in [2.75, 3.05) is 20.1 Å². The summed E-state index contributed by atoms with van der Waals surface area (Å²) >= 11 is 5.96. The molecule has 0 bridgehead atoms. The molecule has 5 nitrogen and oxygen atoms in total. The summed E-state index contributed by atoms with van der Waals surface area (Å²) in [5.74, 6) is -1.09. The Bertz CT molecular complexity index is 768. The van der Waals surface area contributed by atoms with Crippen molar-refractivity contribution in [2.45, 2.75) is 50.3 Å². The largest absolute Gasteiger partial charge is 0.343 e. The van der Waals surface area contributed by atoms with Crippen molar-refractivity contribution in [3.63, 3.8) is 0 Å². The van der Waals surface area contributed by atoms with Crippen molar-refractivity contribution in [1.82, 2.24) is 9.21 Å². The molecule has 3 rings (SSSR count). The zero-order chi connectivity index (χ0) is 19.6. The van der Waals surface area contributed by atoms with E-state index in [4.69, 9.17) is 11.6 Å². The van der Waals surface area contributed by atoms with Gasteiger partial charge in [-0.15, -0.1) is 0 Å². The number of amides is 1. The summed E-state index contributed by atoms with van der Waals surface area (Å²) in [4.78, 5) is 14.6. The molecule has 0 spiro atoms. The Morgan fingerprint density at radius 2 is 1.85 bits per heavy atom. The molecular formula is C19H26ClFN2O3S. The fourth-order valence-corrected chi connectivity index (χ4v) is 6.00. The van der Waals surface area contributed by atoms with E-state index in [2.05, 4.69) is 0 Å². The molecule has 1 saturated carbocycles. The third kappa shape index (κ3) is 4.63. The van der Waals surface area contributed by atoms with Gasteiger partial charge in [0.05, 0.1) is 5.75 Å². The van der Waals surface area contributed by atoms with Crippen LogP contribution in [0.4, 0.5) is 4.39 Å². The van der Waals surface area contributed by atoms with Gasteiger partial charge in [-0.2, -0.15) is 0 Å². The van der Waals surface area contributed by atoms with Crippen molar-refractivity contribution >= 4 is 27.5 Å². The molecule has 1 aromatic carbocycles. The summed E-state index contributed by atoms with van der Waals surface area (Å²) in [6, 6.07) is 4.47. The zero-order valence-corrected chi connectivity index (χ0v) is 17.1. The van der Waals surface area contributed by atoms with Gasteiger partial charge in [-0.3, -0.25) is 4.79 Å². The zero-order valence-electron chi connectivity index (χ0n) is 15.5. The van der Waals surface area contributed by atoms with Crippen LogP contribution in [-0.4, -0.2) is 49.7 Å². The van der Waals surface area contributed by atoms with Gasteiger partial charge in [0.15, 0.2) is 0 Å². The van der Waals surface area contributed by atoms with E-state index < -0.39 is 21.6 Å². The number of carbonyl (C=O) groups is 1. The summed E-state index contributed by atoms with van der Waals surface area (Å²) in [6.07, 6.45) is 5.44. The predicted octanol–water partition coefficient (Wildman–Crippen LogP) is 3.42. The Morgan fingerprint density at radius 3 is 2.44 bits per heavy atom. The number of carbonyl (C=O) groups excluding carboxylic acids is 1. The van der Waals surface area contributed by atoms with Gasteiger partial charge < -0.3 is 4.90 Å². The molecule has 8 heteroatoms. The Labute approximate surface area is 165 Å². The number of benzene rings is 1. The minimum atomic E-state index is -3.68. The molecule has 1 saturated heterocycles. The molecule has 1 aliphatic carbocycles. The van der Waals surface area contributed by atoms with Gasteiger partial charge in [0, 0.05) is 42.7 Å². The fourth-order valence-electron chi connectivity index (χ4n) is 4.08. The molecular weight excluding hydrogens is 391 g/mol. The van der Waals surface area contributed by atoms with Gasteiger partial charge >= 0.3 is 0 Å². The lowest BCUT2D eigenvalue weighted by Crippen LogP contribution is -2.45. The number of rotatable bonds is 5. The van der Waals surface area contributed by atoms with Crippen molar-refractivity contribution in [3.8, 4) is 0 Å². The van der Waals surface area contributed by atoms with Gasteiger partial charge in [-0.05, 0) is 37.8 Å². The molecule has 27 heavy (non-hydrogen) atoms. The van der Waals surface area contributed by atoms with Crippen LogP contribution in [0.5, 0.6) is 0 Å². The molecule has 2 aliphatic rings. The van der Waals surface area contributed by atoms with Gasteiger partial charge in [0.1, 0.15) is 5.82 Å². The van der Waals surface area contributed by atoms with Crippen LogP contribution in [0.1, 0.15) is 44.1 Å². The van der Waals surface area contributed by atoms with Crippen molar-refractivity contribution in [1.29, 1.82) is 0 Å². The van der Waals surface area contributed by atoms with E-state index >= 15 is 0 Å². The summed E-state index contributed by atoms with van der Waals surface area (Å²) in [5.41, 5.74) is -0.00154. The van der Waals surface area contributed by atoms with Crippen molar-refractivity contribution in [3.05, 3.63) is 34.6 Å². The number of piperidine rings is 1. The number of nitrogens with zero attached hydrogens (tertiary/aromatic N) is 2. The smallest absolute Gasteiger partial charge is 0.225 e. The topological polar surface area (TPSA) is 57.7 Å². The van der Waals surface area contributed by atoms with Crippen molar-refractivity contribution < 1.29 is 17.6 Å². The Morgan fingerprint density at radius 1 is 1.22 bits per heavy atom. The molecule has 0 aromatic heterocycles. The molecule has 1 aliphatic heterocycles. The minimum absolute atomic E-state index is 0.00154. The monoisotopic (exact) mass is 416 g/mol. The third-order valence-corrected chi connectivity index (χ3v) is 7.96. The van der Waals surface area contributed by atoms with Crippen LogP contribution < -0.4 is 0 Å². The Kier molecular flexibility index (Phi) is 6.43. The van der Waals surface area contributed by atoms with Crippen LogP contribution >= 0.6 is 11.6 Å². The SMILES string of the molecule is CN(C(=O)C1CCN(S(=O)(=O)Cc2c(F)cccc2Cl)CC1)C1CCCC1. The quantitative estimate of drug-likeness (QED) is 0.738. The second-order valence-corrected chi connectivity index (χ2v) is 9.89. The third-order valence-electron chi connectivity index (χ3n) is 5.81. The highest BCUT2D eigenvalue weighted by Gasteiger charge is 2.35. The van der Waals surface area contributed by atoms with Gasteiger partial charge in [-0.25, -0.2) is 17.1 Å². The first-order valence-electron chi connectivity index (χ1n) is 9.47. The van der Waals surface area contributed by atoms with E-state index in [1.807, 2.05) is 11.9 Å². The number of halogens is 2. The van der Waals surface area contributed by atoms with Crippen molar-refractivity contribution in [2.24, 2.45) is 5.92 Å². The maximum absolute atomic E-state index is 13.9. The summed E-state index contributed by atoms with van der Waals surface area (Å²) < 4.78 is 40.7. The first-order valence-corrected chi connectivity index (χ1v) is 11.5. The molecule has 0 unspecified atom stereocenters. The van der Waals surface area contributed by atoms with E-state index in [0.29, 0.717) is 18.9 Å². The molecule has 1 amide bonds. The van der Waals surface area contributed by atoms with Gasteiger partial charge in [0.25, 0.3) is 0 Å². The van der Waals surface area contributed by atoms with Crippen LogP contribution in [0.2, 0.25) is 5.02 Å². The standard InChI is InChI=1S/C19H26ClFN2O3S/c1-22(15-5-2-3-6-15)19(24)14-9-11-23(12-10-14)27(25,26)13-16-17(20)7-4-8-18(16)21/h4,7-8,14-15H,2-3,5-6,9-13H2,1H3. The predicted molar refractivity (Wildman–Crippen MR) is 103 cm³/mol. The normalized spacial score (nSPS) is 20.1. The van der Waals surface area contributed by atoms with Crippen LogP contribution in [0.3, 0.4) is 0 Å². The Hall–Kier alpha value is -1.18. The molecule has 0 atom stereocenters. The Balaban J connectivity index is 1.60. The number of hydrogen-bond donors (Lipinski definition) is 0. The summed E-state index contributed by atoms with van der Waals surface area (Å²) in [5, 5.41) is 0.113. The summed E-state index contributed by atoms with van der Waals surface area (Å²) in [7, 11) is -1.82. The van der Waals surface area contributed by atoms with E-state index in [0.717, 1.165) is 25.7 Å². The first-order chi connectivity index (χ1) is 12.8. The molecule has 0 N–H and O–H groups in total. The summed E-state index contributed by atoms with van der Waals surface area (Å²) in [6.45, 7) is 0.562. The van der Waals surface area contributed by atoms with E-state index in [-0.39, 0.29) is 35.5 Å². The molecule has 0 radical (unpaired) electrons. The van der Waals surface area contributed by atoms with Gasteiger partial charge in [0.2, 0.25) is 15.9 Å². The molecule has 150 valence electrons. The lowest BCUT2D eigenvalue weighted by atomic mass is 9.96. The second kappa shape index (κ2) is 8.45. The molecule has 1 heterocycles. The number of sulfonamides is 1. The lowest BCUT2D eigenvalue weighted by molar-refractivity contribution is -0.137. The van der Waals surface area contributed by atoms with Crippen LogP contribution in [-0.2, 0) is 20.6 Å². The maximum atomic E-state index is 13.9. The average Bonchev–Trinajstić information content (AvgIpc) is 3.18. The van der Waals surface area contributed by atoms with E-state index in [1.165, 1.54) is 22.5 Å².